The maximum Gasteiger partial charge on any atom is 0.341 e. The average Bonchev–Trinajstić information content (AvgIpc) is 2.32. The summed E-state index contributed by atoms with van der Waals surface area (Å²) in [6.07, 6.45) is 1.61. The van der Waals surface area contributed by atoms with Gasteiger partial charge in [0.05, 0.1) is 0 Å². The average molecular weight is 264 g/mol. The van der Waals surface area contributed by atoms with E-state index >= 15 is 0 Å². The zero-order chi connectivity index (χ0) is 13.1. The van der Waals surface area contributed by atoms with Crippen molar-refractivity contribution in [3.8, 4) is 0 Å². The highest BCUT2D eigenvalue weighted by Gasteiger charge is 2.11. The maximum absolute atomic E-state index is 10.8. The number of aromatic carboxylic acids is 1. The summed E-state index contributed by atoms with van der Waals surface area (Å²) in [5, 5.41) is 9.42. The van der Waals surface area contributed by atoms with Crippen molar-refractivity contribution in [3.05, 3.63) is 52.4 Å². The molecule has 0 radical (unpaired) electrons. The topological polar surface area (TPSA) is 89.1 Å². The van der Waals surface area contributed by atoms with Crippen LogP contribution in [0.3, 0.4) is 0 Å². The molecule has 92 valence electrons. The molecule has 5 nitrogen and oxygen atoms in total. The van der Waals surface area contributed by atoms with E-state index in [0.29, 0.717) is 17.3 Å². The van der Waals surface area contributed by atoms with Gasteiger partial charge in [-0.3, -0.25) is 0 Å². The number of aromatic nitrogens is 2. The van der Waals surface area contributed by atoms with E-state index in [1.807, 2.05) is 18.2 Å². The van der Waals surface area contributed by atoms with Crippen LogP contribution in [0.2, 0.25) is 5.02 Å². The van der Waals surface area contributed by atoms with Gasteiger partial charge in [-0.15, -0.1) is 0 Å². The number of anilines is 1. The molecule has 0 saturated heterocycles. The number of nitrogen functional groups attached to an aromatic ring is 1. The molecule has 0 spiro atoms. The summed E-state index contributed by atoms with van der Waals surface area (Å²) in [5.74, 6) is -0.748. The molecule has 1 aromatic carbocycles. The summed E-state index contributed by atoms with van der Waals surface area (Å²) in [6.45, 7) is 0. The van der Waals surface area contributed by atoms with E-state index in [0.717, 1.165) is 5.56 Å². The predicted molar refractivity (Wildman–Crippen MR) is 67.7 cm³/mol. The van der Waals surface area contributed by atoms with Gasteiger partial charge in [0.15, 0.2) is 0 Å². The third kappa shape index (κ3) is 2.57. The number of carboxylic acids is 1. The van der Waals surface area contributed by atoms with E-state index in [-0.39, 0.29) is 11.4 Å². The number of halogens is 1. The van der Waals surface area contributed by atoms with Crippen LogP contribution in [0.25, 0.3) is 0 Å². The fourth-order valence-electron chi connectivity index (χ4n) is 1.50. The molecule has 18 heavy (non-hydrogen) atoms. The maximum atomic E-state index is 10.8. The number of rotatable bonds is 3. The van der Waals surface area contributed by atoms with Crippen LogP contribution in [0.5, 0.6) is 0 Å². The lowest BCUT2D eigenvalue weighted by atomic mass is 10.1. The molecule has 0 aliphatic carbocycles. The quantitative estimate of drug-likeness (QED) is 0.884. The summed E-state index contributed by atoms with van der Waals surface area (Å²) in [7, 11) is 0. The lowest BCUT2D eigenvalue weighted by molar-refractivity contribution is 0.0697. The van der Waals surface area contributed by atoms with Gasteiger partial charge in [0.1, 0.15) is 17.2 Å². The Morgan fingerprint density at radius 3 is 2.72 bits per heavy atom. The SMILES string of the molecule is Nc1nc(Cc2ccccc2Cl)ncc1C(=O)O. The fourth-order valence-corrected chi connectivity index (χ4v) is 1.70. The highest BCUT2D eigenvalue weighted by atomic mass is 35.5. The van der Waals surface area contributed by atoms with E-state index in [9.17, 15) is 4.79 Å². The minimum absolute atomic E-state index is 0.0421. The van der Waals surface area contributed by atoms with E-state index < -0.39 is 5.97 Å². The van der Waals surface area contributed by atoms with E-state index in [2.05, 4.69) is 9.97 Å². The Hall–Kier alpha value is -2.14. The molecule has 1 aromatic heterocycles. The first-order chi connectivity index (χ1) is 8.58. The van der Waals surface area contributed by atoms with Crippen molar-refractivity contribution in [1.29, 1.82) is 0 Å². The standard InChI is InChI=1S/C12H10ClN3O2/c13-9-4-2-1-3-7(9)5-10-15-6-8(12(17)18)11(14)16-10/h1-4,6H,5H2,(H,17,18)(H2,14,15,16). The van der Waals surface area contributed by atoms with Crippen molar-refractivity contribution in [1.82, 2.24) is 9.97 Å². The monoisotopic (exact) mass is 263 g/mol. The molecule has 2 aromatic rings. The number of benzene rings is 1. The molecule has 6 heteroatoms. The highest BCUT2D eigenvalue weighted by molar-refractivity contribution is 6.31. The van der Waals surface area contributed by atoms with Crippen LogP contribution in [0.1, 0.15) is 21.7 Å². The number of hydrogen-bond donors (Lipinski definition) is 2. The summed E-state index contributed by atoms with van der Waals surface area (Å²) < 4.78 is 0. The van der Waals surface area contributed by atoms with Crippen LogP contribution >= 0.6 is 11.6 Å². The van der Waals surface area contributed by atoms with Crippen molar-refractivity contribution in [2.75, 3.05) is 5.73 Å². The second-order valence-corrected chi connectivity index (χ2v) is 4.07. The van der Waals surface area contributed by atoms with Gasteiger partial charge in [0.2, 0.25) is 0 Å². The largest absolute Gasteiger partial charge is 0.477 e. The van der Waals surface area contributed by atoms with Crippen LogP contribution in [0.4, 0.5) is 5.82 Å². The Morgan fingerprint density at radius 2 is 2.11 bits per heavy atom. The van der Waals surface area contributed by atoms with Gasteiger partial charge >= 0.3 is 5.97 Å². The lowest BCUT2D eigenvalue weighted by Crippen LogP contribution is -2.08. The summed E-state index contributed by atoms with van der Waals surface area (Å²) in [6, 6.07) is 7.31. The van der Waals surface area contributed by atoms with Crippen molar-refractivity contribution in [3.63, 3.8) is 0 Å². The summed E-state index contributed by atoms with van der Waals surface area (Å²) in [5.41, 5.74) is 6.31. The number of nitrogens with two attached hydrogens (primary N) is 1. The Balaban J connectivity index is 2.29. The van der Waals surface area contributed by atoms with Crippen LogP contribution in [0.15, 0.2) is 30.5 Å². The molecule has 0 saturated carbocycles. The van der Waals surface area contributed by atoms with Crippen LogP contribution in [-0.2, 0) is 6.42 Å². The van der Waals surface area contributed by atoms with Crippen molar-refractivity contribution < 1.29 is 9.90 Å². The third-order valence-electron chi connectivity index (χ3n) is 2.40. The predicted octanol–water partition coefficient (Wildman–Crippen LogP) is 2.00. The van der Waals surface area contributed by atoms with E-state index in [1.54, 1.807) is 6.07 Å². The lowest BCUT2D eigenvalue weighted by Gasteiger charge is -2.05. The van der Waals surface area contributed by atoms with Gasteiger partial charge in [0, 0.05) is 17.6 Å². The molecule has 0 amide bonds. The minimum Gasteiger partial charge on any atom is -0.477 e. The number of carbonyl (C=O) groups is 1. The van der Waals surface area contributed by atoms with Gasteiger partial charge in [-0.1, -0.05) is 29.8 Å². The molecule has 1 heterocycles. The molecular weight excluding hydrogens is 254 g/mol. The molecule has 0 bridgehead atoms. The van der Waals surface area contributed by atoms with Gasteiger partial charge in [-0.05, 0) is 11.6 Å². The van der Waals surface area contributed by atoms with E-state index in [4.69, 9.17) is 22.4 Å². The second kappa shape index (κ2) is 5.01. The fraction of sp³-hybridized carbons (Fsp3) is 0.0833. The van der Waals surface area contributed by atoms with Gasteiger partial charge < -0.3 is 10.8 Å². The zero-order valence-corrected chi connectivity index (χ0v) is 10.1. The van der Waals surface area contributed by atoms with Crippen molar-refractivity contribution >= 4 is 23.4 Å². The zero-order valence-electron chi connectivity index (χ0n) is 9.30. The third-order valence-corrected chi connectivity index (χ3v) is 2.77. The minimum atomic E-state index is -1.14. The Labute approximate surface area is 108 Å². The first kappa shape index (κ1) is 12.3. The smallest absolute Gasteiger partial charge is 0.341 e. The summed E-state index contributed by atoms with van der Waals surface area (Å²) in [4.78, 5) is 18.7. The highest BCUT2D eigenvalue weighted by Crippen LogP contribution is 2.18. The van der Waals surface area contributed by atoms with E-state index in [1.165, 1.54) is 6.20 Å². The molecule has 0 aliphatic heterocycles. The number of hydrogen-bond acceptors (Lipinski definition) is 4. The van der Waals surface area contributed by atoms with Crippen molar-refractivity contribution in [2.45, 2.75) is 6.42 Å². The second-order valence-electron chi connectivity index (χ2n) is 3.66. The molecule has 0 unspecified atom stereocenters. The molecule has 2 rings (SSSR count). The van der Waals surface area contributed by atoms with Gasteiger partial charge in [0.25, 0.3) is 0 Å². The molecule has 3 N–H and O–H groups in total. The van der Waals surface area contributed by atoms with Crippen LogP contribution < -0.4 is 5.73 Å². The van der Waals surface area contributed by atoms with Crippen molar-refractivity contribution in [2.24, 2.45) is 0 Å². The Bertz CT molecular complexity index is 602. The molecular formula is C12H10ClN3O2. The molecule has 0 aliphatic rings. The normalized spacial score (nSPS) is 10.3. The molecule has 0 atom stereocenters. The Kier molecular flexibility index (Phi) is 3.43. The molecule has 0 fully saturated rings. The number of carboxylic acid groups (broad SMARTS) is 1. The van der Waals surface area contributed by atoms with Gasteiger partial charge in [-0.25, -0.2) is 14.8 Å². The van der Waals surface area contributed by atoms with Crippen LogP contribution in [-0.4, -0.2) is 21.0 Å². The first-order valence-electron chi connectivity index (χ1n) is 5.16. The van der Waals surface area contributed by atoms with Crippen LogP contribution in [0, 0.1) is 0 Å². The Morgan fingerprint density at radius 1 is 1.39 bits per heavy atom. The first-order valence-corrected chi connectivity index (χ1v) is 5.54. The van der Waals surface area contributed by atoms with Gasteiger partial charge in [-0.2, -0.15) is 0 Å². The number of nitrogens with zero attached hydrogens (tertiary/aromatic N) is 2. The summed E-state index contributed by atoms with van der Waals surface area (Å²) >= 11 is 6.01.